The number of nitrogens with zero attached hydrogens (tertiary/aromatic N) is 2. The second kappa shape index (κ2) is 7.17. The Labute approximate surface area is 97.5 Å². The van der Waals surface area contributed by atoms with Gasteiger partial charge in [0.15, 0.2) is 0 Å². The molecule has 6 heteroatoms. The first kappa shape index (κ1) is 12.9. The molecular formula is C11H11F2N3O. The van der Waals surface area contributed by atoms with Gasteiger partial charge in [-0.2, -0.15) is 19.1 Å². The van der Waals surface area contributed by atoms with Gasteiger partial charge in [-0.15, -0.1) is 0 Å². The highest BCUT2D eigenvalue weighted by atomic mass is 19.3. The van der Waals surface area contributed by atoms with E-state index in [9.17, 15) is 8.78 Å². The summed E-state index contributed by atoms with van der Waals surface area (Å²) >= 11 is 0. The summed E-state index contributed by atoms with van der Waals surface area (Å²) in [5, 5.41) is 12.1. The standard InChI is InChI=1S/C11H11F2N3O/c12-11(13)17-10-4-1-3-9(7-10)8-16-15-6-2-5-14/h1,3-4,7-8,11,15H,2,6H2/b16-8-. The molecule has 1 aromatic rings. The van der Waals surface area contributed by atoms with E-state index in [0.717, 1.165) is 0 Å². The number of hydrogen-bond acceptors (Lipinski definition) is 4. The van der Waals surface area contributed by atoms with Crippen LogP contribution < -0.4 is 10.2 Å². The van der Waals surface area contributed by atoms with Crippen molar-refractivity contribution in [3.05, 3.63) is 29.8 Å². The minimum atomic E-state index is -2.84. The molecule has 17 heavy (non-hydrogen) atoms. The van der Waals surface area contributed by atoms with Crippen LogP contribution in [0, 0.1) is 11.3 Å². The van der Waals surface area contributed by atoms with Crippen molar-refractivity contribution in [1.82, 2.24) is 5.43 Å². The normalized spacial score (nSPS) is 10.5. The molecule has 1 N–H and O–H groups in total. The molecule has 4 nitrogen and oxygen atoms in total. The highest BCUT2D eigenvalue weighted by Crippen LogP contribution is 2.14. The van der Waals surface area contributed by atoms with Gasteiger partial charge < -0.3 is 10.2 Å². The lowest BCUT2D eigenvalue weighted by Crippen LogP contribution is -2.06. The molecule has 0 amide bonds. The molecule has 0 spiro atoms. The van der Waals surface area contributed by atoms with Gasteiger partial charge in [-0.1, -0.05) is 12.1 Å². The fourth-order valence-electron chi connectivity index (χ4n) is 1.07. The molecule has 0 radical (unpaired) electrons. The third-order valence-electron chi connectivity index (χ3n) is 1.74. The Morgan fingerprint density at radius 1 is 1.53 bits per heavy atom. The van der Waals surface area contributed by atoms with E-state index in [-0.39, 0.29) is 5.75 Å². The lowest BCUT2D eigenvalue weighted by molar-refractivity contribution is -0.0498. The summed E-state index contributed by atoms with van der Waals surface area (Å²) in [6.07, 6.45) is 1.82. The second-order valence-corrected chi connectivity index (χ2v) is 3.03. The third-order valence-corrected chi connectivity index (χ3v) is 1.74. The minimum absolute atomic E-state index is 0.0842. The fourth-order valence-corrected chi connectivity index (χ4v) is 1.07. The Bertz CT molecular complexity index is 415. The van der Waals surface area contributed by atoms with E-state index in [1.807, 2.05) is 6.07 Å². The van der Waals surface area contributed by atoms with Gasteiger partial charge in [-0.05, 0) is 17.7 Å². The van der Waals surface area contributed by atoms with Gasteiger partial charge in [0.2, 0.25) is 0 Å². The van der Waals surface area contributed by atoms with E-state index in [1.54, 1.807) is 12.1 Å². The minimum Gasteiger partial charge on any atom is -0.435 e. The average Bonchev–Trinajstić information content (AvgIpc) is 2.28. The molecule has 0 saturated carbocycles. The van der Waals surface area contributed by atoms with Crippen molar-refractivity contribution >= 4 is 6.21 Å². The maximum absolute atomic E-state index is 11.9. The predicted octanol–water partition coefficient (Wildman–Crippen LogP) is 2.13. The predicted molar refractivity (Wildman–Crippen MR) is 58.9 cm³/mol. The van der Waals surface area contributed by atoms with Crippen molar-refractivity contribution in [3.8, 4) is 11.8 Å². The van der Waals surface area contributed by atoms with Gasteiger partial charge in [-0.3, -0.25) is 0 Å². The number of hydrazone groups is 1. The van der Waals surface area contributed by atoms with Crippen molar-refractivity contribution in [2.75, 3.05) is 6.54 Å². The lowest BCUT2D eigenvalue weighted by atomic mass is 10.2. The summed E-state index contributed by atoms with van der Waals surface area (Å²) in [5.41, 5.74) is 3.29. The van der Waals surface area contributed by atoms with E-state index in [2.05, 4.69) is 15.3 Å². The van der Waals surface area contributed by atoms with Gasteiger partial charge in [0, 0.05) is 6.54 Å². The quantitative estimate of drug-likeness (QED) is 0.470. The summed E-state index contributed by atoms with van der Waals surface area (Å²) in [6.45, 7) is -2.39. The molecule has 0 heterocycles. The molecule has 0 unspecified atom stereocenters. The lowest BCUT2D eigenvalue weighted by Gasteiger charge is -2.04. The van der Waals surface area contributed by atoms with Gasteiger partial charge in [-0.25, -0.2) is 0 Å². The Morgan fingerprint density at radius 3 is 3.06 bits per heavy atom. The zero-order chi connectivity index (χ0) is 12.5. The smallest absolute Gasteiger partial charge is 0.387 e. The summed E-state index contributed by atoms with van der Waals surface area (Å²) in [4.78, 5) is 0. The maximum Gasteiger partial charge on any atom is 0.387 e. The number of benzene rings is 1. The van der Waals surface area contributed by atoms with E-state index in [1.165, 1.54) is 18.3 Å². The number of rotatable bonds is 6. The highest BCUT2D eigenvalue weighted by molar-refractivity contribution is 5.79. The Balaban J connectivity index is 2.51. The molecular weight excluding hydrogens is 228 g/mol. The summed E-state index contributed by atoms with van der Waals surface area (Å²) in [7, 11) is 0. The summed E-state index contributed by atoms with van der Waals surface area (Å²) in [6, 6.07) is 8.13. The van der Waals surface area contributed by atoms with Gasteiger partial charge >= 0.3 is 6.61 Å². The Kier molecular flexibility index (Phi) is 5.44. The topological polar surface area (TPSA) is 57.4 Å². The van der Waals surface area contributed by atoms with Crippen molar-refractivity contribution in [3.63, 3.8) is 0 Å². The fraction of sp³-hybridized carbons (Fsp3) is 0.273. The Hall–Kier alpha value is -2.16. The number of halogens is 2. The maximum atomic E-state index is 11.9. The van der Waals surface area contributed by atoms with E-state index in [4.69, 9.17) is 5.26 Å². The van der Waals surface area contributed by atoms with Gasteiger partial charge in [0.05, 0.1) is 18.7 Å². The highest BCUT2D eigenvalue weighted by Gasteiger charge is 2.03. The SMILES string of the molecule is N#CCCN/N=C\c1cccc(OC(F)F)c1. The molecule has 0 aliphatic heterocycles. The molecule has 0 aliphatic rings. The zero-order valence-corrected chi connectivity index (χ0v) is 8.94. The van der Waals surface area contributed by atoms with Gasteiger partial charge in [0.25, 0.3) is 0 Å². The van der Waals surface area contributed by atoms with Crippen molar-refractivity contribution in [2.24, 2.45) is 5.10 Å². The molecule has 0 fully saturated rings. The average molecular weight is 239 g/mol. The summed E-state index contributed by atoms with van der Waals surface area (Å²) < 4.78 is 28.1. The van der Waals surface area contributed by atoms with Crippen molar-refractivity contribution in [1.29, 1.82) is 5.26 Å². The number of nitriles is 1. The molecule has 1 rings (SSSR count). The largest absolute Gasteiger partial charge is 0.435 e. The first-order chi connectivity index (χ1) is 8.22. The van der Waals surface area contributed by atoms with E-state index < -0.39 is 6.61 Å². The summed E-state index contributed by atoms with van der Waals surface area (Å²) in [5.74, 6) is 0.0842. The zero-order valence-electron chi connectivity index (χ0n) is 8.94. The molecule has 0 saturated heterocycles. The number of nitrogens with one attached hydrogen (secondary N) is 1. The van der Waals surface area contributed by atoms with Crippen LogP contribution in [0.2, 0.25) is 0 Å². The second-order valence-electron chi connectivity index (χ2n) is 3.03. The number of hydrogen-bond donors (Lipinski definition) is 1. The van der Waals surface area contributed by atoms with Crippen LogP contribution in [0.1, 0.15) is 12.0 Å². The van der Waals surface area contributed by atoms with Crippen LogP contribution >= 0.6 is 0 Å². The molecule has 1 aromatic carbocycles. The third kappa shape index (κ3) is 5.47. The first-order valence-corrected chi connectivity index (χ1v) is 4.90. The van der Waals surface area contributed by atoms with Crippen LogP contribution in [0.15, 0.2) is 29.4 Å². The van der Waals surface area contributed by atoms with Crippen LogP contribution in [0.3, 0.4) is 0 Å². The molecule has 0 aromatic heterocycles. The van der Waals surface area contributed by atoms with Gasteiger partial charge in [0.1, 0.15) is 5.75 Å². The van der Waals surface area contributed by atoms with Crippen molar-refractivity contribution < 1.29 is 13.5 Å². The van der Waals surface area contributed by atoms with Crippen LogP contribution in [0.5, 0.6) is 5.75 Å². The van der Waals surface area contributed by atoms with Crippen LogP contribution in [-0.2, 0) is 0 Å². The van der Waals surface area contributed by atoms with E-state index >= 15 is 0 Å². The molecule has 0 aliphatic carbocycles. The monoisotopic (exact) mass is 239 g/mol. The Morgan fingerprint density at radius 2 is 2.35 bits per heavy atom. The number of alkyl halides is 2. The number of ether oxygens (including phenoxy) is 1. The van der Waals surface area contributed by atoms with Crippen molar-refractivity contribution in [2.45, 2.75) is 13.0 Å². The van der Waals surface area contributed by atoms with Crippen LogP contribution in [0.4, 0.5) is 8.78 Å². The van der Waals surface area contributed by atoms with Crippen LogP contribution in [0.25, 0.3) is 0 Å². The van der Waals surface area contributed by atoms with Crippen LogP contribution in [-0.4, -0.2) is 19.4 Å². The molecule has 90 valence electrons. The molecule has 0 bridgehead atoms. The molecule has 0 atom stereocenters. The van der Waals surface area contributed by atoms with E-state index in [0.29, 0.717) is 18.5 Å². The first-order valence-electron chi connectivity index (χ1n) is 4.90.